The third kappa shape index (κ3) is 5.80. The first-order valence-electron chi connectivity index (χ1n) is 11.9. The molecule has 184 valence electrons. The van der Waals surface area contributed by atoms with Gasteiger partial charge in [0.15, 0.2) is 0 Å². The summed E-state index contributed by atoms with van der Waals surface area (Å²) in [6, 6.07) is 11.9. The van der Waals surface area contributed by atoms with E-state index in [-0.39, 0.29) is 11.8 Å². The average Bonchev–Trinajstić information content (AvgIpc) is 3.44. The molecule has 0 bridgehead atoms. The van der Waals surface area contributed by atoms with Crippen LogP contribution in [0.5, 0.6) is 11.5 Å². The second-order valence-electron chi connectivity index (χ2n) is 8.68. The number of rotatable bonds is 8. The molecule has 3 aromatic rings. The molecule has 0 spiro atoms. The van der Waals surface area contributed by atoms with Crippen molar-refractivity contribution in [3.8, 4) is 22.6 Å². The van der Waals surface area contributed by atoms with E-state index in [4.69, 9.17) is 14.2 Å². The van der Waals surface area contributed by atoms with Crippen LogP contribution < -0.4 is 14.8 Å². The van der Waals surface area contributed by atoms with Gasteiger partial charge < -0.3 is 19.5 Å². The molecule has 2 N–H and O–H groups in total. The van der Waals surface area contributed by atoms with E-state index in [1.165, 1.54) is 0 Å². The lowest BCUT2D eigenvalue weighted by Gasteiger charge is -2.26. The zero-order valence-electron chi connectivity index (χ0n) is 19.8. The van der Waals surface area contributed by atoms with Crippen molar-refractivity contribution in [1.82, 2.24) is 15.1 Å². The zero-order valence-corrected chi connectivity index (χ0v) is 20.6. The van der Waals surface area contributed by atoms with Crippen molar-refractivity contribution in [3.63, 3.8) is 0 Å². The second kappa shape index (κ2) is 11.2. The quantitative estimate of drug-likeness (QED) is 0.462. The molecule has 2 aromatic carbocycles. The molecule has 9 heteroatoms. The van der Waals surface area contributed by atoms with Crippen molar-refractivity contribution in [1.29, 1.82) is 0 Å². The van der Waals surface area contributed by atoms with Gasteiger partial charge in [0.05, 0.1) is 38.1 Å². The molecule has 0 radical (unpaired) electrons. The predicted octanol–water partition coefficient (Wildman–Crippen LogP) is 3.70. The van der Waals surface area contributed by atoms with Crippen LogP contribution in [0.25, 0.3) is 11.1 Å². The monoisotopic (exact) mass is 494 g/mol. The Bertz CT molecular complexity index is 1150. The molecule has 1 aromatic heterocycles. The molecule has 1 fully saturated rings. The number of morpholine rings is 1. The maximum Gasteiger partial charge on any atom is 0.231 e. The molecule has 1 atom stereocenters. The van der Waals surface area contributed by atoms with Gasteiger partial charge in [-0.2, -0.15) is 5.10 Å². The van der Waals surface area contributed by atoms with Crippen LogP contribution in [0.1, 0.15) is 5.56 Å². The van der Waals surface area contributed by atoms with Crippen molar-refractivity contribution in [3.05, 3.63) is 54.4 Å². The largest absolute Gasteiger partial charge is 0.497 e. The van der Waals surface area contributed by atoms with E-state index in [1.807, 2.05) is 36.5 Å². The minimum absolute atomic E-state index is 0.0374. The number of carbonyl (C=O) groups excluding carboxylic acids is 1. The standard InChI is InChI=1S/C26H30N4O4S/c1-32-22-3-5-24-19(13-22)12-20(17-34-24)26(31)29-23-4-2-18(21-15-27-28-16-21)14-25(23)35-11-8-30-6-9-33-10-7-30/h2-5,13-16,20H,6-12,17H2,1H3,(H,27,28)(H,29,31). The number of thioether (sulfide) groups is 1. The van der Waals surface area contributed by atoms with Crippen molar-refractivity contribution < 1.29 is 19.0 Å². The summed E-state index contributed by atoms with van der Waals surface area (Å²) in [6.07, 6.45) is 4.30. The van der Waals surface area contributed by atoms with Gasteiger partial charge in [0.25, 0.3) is 0 Å². The van der Waals surface area contributed by atoms with Gasteiger partial charge in [-0.05, 0) is 47.9 Å². The van der Waals surface area contributed by atoms with Crippen LogP contribution in [0.3, 0.4) is 0 Å². The Morgan fingerprint density at radius 2 is 2.11 bits per heavy atom. The molecular weight excluding hydrogens is 464 g/mol. The molecule has 2 aliphatic heterocycles. The van der Waals surface area contributed by atoms with Crippen LogP contribution in [-0.4, -0.2) is 73.3 Å². The van der Waals surface area contributed by atoms with Gasteiger partial charge in [0, 0.05) is 42.0 Å². The van der Waals surface area contributed by atoms with Gasteiger partial charge in [0.2, 0.25) is 5.91 Å². The summed E-state index contributed by atoms with van der Waals surface area (Å²) >= 11 is 1.76. The van der Waals surface area contributed by atoms with Gasteiger partial charge in [-0.15, -0.1) is 11.8 Å². The maximum atomic E-state index is 13.2. The first-order valence-corrected chi connectivity index (χ1v) is 12.8. The number of anilines is 1. The number of benzene rings is 2. The molecule has 1 unspecified atom stereocenters. The fraction of sp³-hybridized carbons (Fsp3) is 0.385. The molecular formula is C26H30N4O4S. The van der Waals surface area contributed by atoms with E-state index >= 15 is 0 Å². The van der Waals surface area contributed by atoms with Crippen molar-refractivity contribution in [2.24, 2.45) is 5.92 Å². The predicted molar refractivity (Wildman–Crippen MR) is 136 cm³/mol. The Balaban J connectivity index is 1.29. The SMILES string of the molecule is COc1ccc2c(c1)CC(C(=O)Nc1ccc(-c3cn[nH]c3)cc1SCCN1CCOCC1)CO2. The zero-order chi connectivity index (χ0) is 24.0. The Hall–Kier alpha value is -3.01. The van der Waals surface area contributed by atoms with Crippen LogP contribution in [0.2, 0.25) is 0 Å². The highest BCUT2D eigenvalue weighted by atomic mass is 32.2. The molecule has 1 amide bonds. The summed E-state index contributed by atoms with van der Waals surface area (Å²) in [6.45, 7) is 4.85. The first kappa shape index (κ1) is 23.7. The van der Waals surface area contributed by atoms with Crippen LogP contribution in [-0.2, 0) is 16.0 Å². The van der Waals surface area contributed by atoms with Gasteiger partial charge >= 0.3 is 0 Å². The number of aromatic amines is 1. The summed E-state index contributed by atoms with van der Waals surface area (Å²) in [5, 5.41) is 10.1. The highest BCUT2D eigenvalue weighted by Gasteiger charge is 2.27. The molecule has 5 rings (SSSR count). The lowest BCUT2D eigenvalue weighted by Crippen LogP contribution is -2.37. The number of ether oxygens (including phenoxy) is 3. The fourth-order valence-corrected chi connectivity index (χ4v) is 5.40. The van der Waals surface area contributed by atoms with Crippen LogP contribution in [0.4, 0.5) is 5.69 Å². The number of H-pyrrole nitrogens is 1. The van der Waals surface area contributed by atoms with Gasteiger partial charge in [-0.1, -0.05) is 6.07 Å². The maximum absolute atomic E-state index is 13.2. The lowest BCUT2D eigenvalue weighted by atomic mass is 9.95. The van der Waals surface area contributed by atoms with Crippen molar-refractivity contribution in [2.45, 2.75) is 11.3 Å². The van der Waals surface area contributed by atoms with Gasteiger partial charge in [-0.3, -0.25) is 14.8 Å². The minimum atomic E-state index is -0.269. The molecule has 3 heterocycles. The summed E-state index contributed by atoms with van der Waals surface area (Å²) in [7, 11) is 1.64. The number of carbonyl (C=O) groups is 1. The number of hydrogen-bond acceptors (Lipinski definition) is 7. The number of aromatic nitrogens is 2. The number of nitrogens with zero attached hydrogens (tertiary/aromatic N) is 2. The Kier molecular flexibility index (Phi) is 7.56. The highest BCUT2D eigenvalue weighted by Crippen LogP contribution is 2.34. The van der Waals surface area contributed by atoms with E-state index in [1.54, 1.807) is 25.1 Å². The lowest BCUT2D eigenvalue weighted by molar-refractivity contribution is -0.121. The van der Waals surface area contributed by atoms with Gasteiger partial charge in [0.1, 0.15) is 18.1 Å². The average molecular weight is 495 g/mol. The van der Waals surface area contributed by atoms with Gasteiger partial charge in [-0.25, -0.2) is 0 Å². The highest BCUT2D eigenvalue weighted by molar-refractivity contribution is 7.99. The topological polar surface area (TPSA) is 88.7 Å². The number of methoxy groups -OCH3 is 1. The number of hydrogen-bond donors (Lipinski definition) is 2. The Labute approximate surface area is 209 Å². The minimum Gasteiger partial charge on any atom is -0.497 e. The summed E-state index contributed by atoms with van der Waals surface area (Å²) in [5.41, 5.74) is 3.90. The van der Waals surface area contributed by atoms with E-state index < -0.39 is 0 Å². The van der Waals surface area contributed by atoms with E-state index in [0.717, 1.165) is 77.4 Å². The molecule has 1 saturated heterocycles. The summed E-state index contributed by atoms with van der Waals surface area (Å²) < 4.78 is 16.7. The molecule has 0 saturated carbocycles. The Morgan fingerprint density at radius 1 is 1.23 bits per heavy atom. The number of nitrogens with one attached hydrogen (secondary N) is 2. The Morgan fingerprint density at radius 3 is 2.91 bits per heavy atom. The van der Waals surface area contributed by atoms with E-state index in [0.29, 0.717) is 13.0 Å². The summed E-state index contributed by atoms with van der Waals surface area (Å²) in [5.74, 6) is 2.21. The van der Waals surface area contributed by atoms with Crippen LogP contribution >= 0.6 is 11.8 Å². The third-order valence-electron chi connectivity index (χ3n) is 6.38. The molecule has 2 aliphatic rings. The molecule has 35 heavy (non-hydrogen) atoms. The van der Waals surface area contributed by atoms with Crippen molar-refractivity contribution >= 4 is 23.4 Å². The second-order valence-corrected chi connectivity index (χ2v) is 9.81. The smallest absolute Gasteiger partial charge is 0.231 e. The molecule has 8 nitrogen and oxygen atoms in total. The third-order valence-corrected chi connectivity index (χ3v) is 7.42. The fourth-order valence-electron chi connectivity index (χ4n) is 4.34. The first-order chi connectivity index (χ1) is 17.2. The van der Waals surface area contributed by atoms with E-state index in [9.17, 15) is 4.79 Å². The normalized spacial score (nSPS) is 17.9. The molecule has 0 aliphatic carbocycles. The van der Waals surface area contributed by atoms with Crippen molar-refractivity contribution in [2.75, 3.05) is 57.6 Å². The van der Waals surface area contributed by atoms with Crippen LogP contribution in [0, 0.1) is 5.92 Å². The number of amides is 1. The van der Waals surface area contributed by atoms with E-state index in [2.05, 4.69) is 26.5 Å². The summed E-state index contributed by atoms with van der Waals surface area (Å²) in [4.78, 5) is 16.7. The number of fused-ring (bicyclic) bond motifs is 1. The van der Waals surface area contributed by atoms with Crippen LogP contribution in [0.15, 0.2) is 53.7 Å².